The highest BCUT2D eigenvalue weighted by Crippen LogP contribution is 2.45. The van der Waals surface area contributed by atoms with E-state index < -0.39 is 36.3 Å². The van der Waals surface area contributed by atoms with Crippen LogP contribution in [0.15, 0.2) is 60.7 Å². The van der Waals surface area contributed by atoms with Crippen molar-refractivity contribution in [3.05, 3.63) is 71.8 Å². The zero-order chi connectivity index (χ0) is 19.5. The van der Waals surface area contributed by atoms with Gasteiger partial charge in [0.15, 0.2) is 11.9 Å². The molecule has 0 spiro atoms. The van der Waals surface area contributed by atoms with Gasteiger partial charge in [-0.2, -0.15) is 0 Å². The van der Waals surface area contributed by atoms with Gasteiger partial charge in [-0.1, -0.05) is 60.7 Å². The monoisotopic (exact) mass is 374 g/mol. The molecule has 5 atom stereocenters. The lowest BCUT2D eigenvalue weighted by Crippen LogP contribution is -2.64. The van der Waals surface area contributed by atoms with Crippen LogP contribution < -0.4 is 0 Å². The summed E-state index contributed by atoms with van der Waals surface area (Å²) in [7, 11) is 1.37. The molecule has 1 fully saturated rings. The molecular formula is C21H26O6. The predicted octanol–water partition coefficient (Wildman–Crippen LogP) is 0.658. The van der Waals surface area contributed by atoms with Crippen molar-refractivity contribution in [3.8, 4) is 0 Å². The highest BCUT2D eigenvalue weighted by Gasteiger charge is 2.67. The number of methoxy groups -OCH3 is 1. The second-order valence-corrected chi connectivity index (χ2v) is 7.05. The average molecular weight is 374 g/mol. The van der Waals surface area contributed by atoms with Gasteiger partial charge in [-0.3, -0.25) is 0 Å². The molecule has 1 aliphatic rings. The third kappa shape index (κ3) is 3.65. The van der Waals surface area contributed by atoms with Crippen molar-refractivity contribution in [1.29, 1.82) is 0 Å². The summed E-state index contributed by atoms with van der Waals surface area (Å²) in [4.78, 5) is 0. The lowest BCUT2D eigenvalue weighted by atomic mass is 9.72. The molecule has 2 aromatic carbocycles. The standard InChI is InChI=1S/C21H26O6/c1-26-19-21(25,13-16-10-6-3-7-11-16)20(24,18(27-19)17(23)14-22)12-15-8-4-2-5-9-15/h2-11,17-19,22-25H,12-14H2,1H3/t17-,18+,19+,20+,21+/m1/s1. The smallest absolute Gasteiger partial charge is 0.189 e. The van der Waals surface area contributed by atoms with Crippen molar-refractivity contribution in [2.24, 2.45) is 0 Å². The lowest BCUT2D eigenvalue weighted by Gasteiger charge is -2.41. The fourth-order valence-corrected chi connectivity index (χ4v) is 3.87. The van der Waals surface area contributed by atoms with Crippen LogP contribution >= 0.6 is 0 Å². The van der Waals surface area contributed by atoms with E-state index in [9.17, 15) is 20.4 Å². The van der Waals surface area contributed by atoms with Crippen molar-refractivity contribution in [3.63, 3.8) is 0 Å². The minimum atomic E-state index is -1.88. The van der Waals surface area contributed by atoms with Crippen LogP contribution in [0.3, 0.4) is 0 Å². The molecule has 1 heterocycles. The Labute approximate surface area is 158 Å². The van der Waals surface area contributed by atoms with Crippen LogP contribution in [0, 0.1) is 0 Å². The number of hydrogen-bond donors (Lipinski definition) is 4. The van der Waals surface area contributed by atoms with Crippen molar-refractivity contribution in [2.45, 2.75) is 42.5 Å². The van der Waals surface area contributed by atoms with E-state index >= 15 is 0 Å². The Morgan fingerprint density at radius 3 is 1.85 bits per heavy atom. The van der Waals surface area contributed by atoms with E-state index in [4.69, 9.17) is 9.47 Å². The maximum Gasteiger partial charge on any atom is 0.189 e. The molecule has 6 heteroatoms. The topological polar surface area (TPSA) is 99.4 Å². The number of hydrogen-bond acceptors (Lipinski definition) is 6. The van der Waals surface area contributed by atoms with Crippen LogP contribution in [0.4, 0.5) is 0 Å². The van der Waals surface area contributed by atoms with E-state index in [1.807, 2.05) is 60.7 Å². The van der Waals surface area contributed by atoms with Gasteiger partial charge in [-0.25, -0.2) is 0 Å². The molecule has 2 aromatic rings. The Balaban J connectivity index is 2.04. The molecule has 1 saturated heterocycles. The molecule has 0 radical (unpaired) electrons. The second-order valence-electron chi connectivity index (χ2n) is 7.05. The molecule has 0 aliphatic carbocycles. The zero-order valence-electron chi connectivity index (χ0n) is 15.2. The normalized spacial score (nSPS) is 31.7. The summed E-state index contributed by atoms with van der Waals surface area (Å²) in [5, 5.41) is 43.0. The molecule has 3 rings (SSSR count). The molecule has 4 N–H and O–H groups in total. The summed E-state index contributed by atoms with van der Waals surface area (Å²) in [6.07, 6.45) is -3.68. The Morgan fingerprint density at radius 1 is 0.926 bits per heavy atom. The average Bonchev–Trinajstić information content (AvgIpc) is 2.89. The van der Waals surface area contributed by atoms with E-state index in [1.54, 1.807) is 0 Å². The Bertz CT molecular complexity index is 724. The van der Waals surface area contributed by atoms with Gasteiger partial charge in [0.05, 0.1) is 6.61 Å². The molecule has 0 bridgehead atoms. The van der Waals surface area contributed by atoms with Crippen molar-refractivity contribution in [1.82, 2.24) is 0 Å². The molecule has 27 heavy (non-hydrogen) atoms. The molecule has 0 unspecified atom stereocenters. The summed E-state index contributed by atoms with van der Waals surface area (Å²) in [5.41, 5.74) is -2.16. The molecular weight excluding hydrogens is 348 g/mol. The van der Waals surface area contributed by atoms with Crippen LogP contribution in [0.2, 0.25) is 0 Å². The number of aliphatic hydroxyl groups is 4. The number of rotatable bonds is 7. The van der Waals surface area contributed by atoms with Crippen molar-refractivity contribution in [2.75, 3.05) is 13.7 Å². The first-order chi connectivity index (χ1) is 12.9. The molecule has 0 saturated carbocycles. The van der Waals surface area contributed by atoms with Crippen LogP contribution in [-0.4, -0.2) is 63.8 Å². The van der Waals surface area contributed by atoms with E-state index in [0.29, 0.717) is 0 Å². The van der Waals surface area contributed by atoms with Crippen LogP contribution in [0.25, 0.3) is 0 Å². The summed E-state index contributed by atoms with van der Waals surface area (Å²) >= 11 is 0. The van der Waals surface area contributed by atoms with Gasteiger partial charge in [0.2, 0.25) is 0 Å². The third-order valence-corrected chi connectivity index (χ3v) is 5.26. The lowest BCUT2D eigenvalue weighted by molar-refractivity contribution is -0.206. The summed E-state index contributed by atoms with van der Waals surface area (Å²) < 4.78 is 11.0. The highest BCUT2D eigenvalue weighted by atomic mass is 16.7. The number of aliphatic hydroxyl groups excluding tert-OH is 2. The largest absolute Gasteiger partial charge is 0.394 e. The highest BCUT2D eigenvalue weighted by molar-refractivity contribution is 5.27. The van der Waals surface area contributed by atoms with E-state index in [2.05, 4.69) is 0 Å². The van der Waals surface area contributed by atoms with Crippen molar-refractivity contribution >= 4 is 0 Å². The van der Waals surface area contributed by atoms with Gasteiger partial charge < -0.3 is 29.9 Å². The predicted molar refractivity (Wildman–Crippen MR) is 99.0 cm³/mol. The Morgan fingerprint density at radius 2 is 1.41 bits per heavy atom. The molecule has 0 aromatic heterocycles. The first-order valence-electron chi connectivity index (χ1n) is 8.94. The molecule has 6 nitrogen and oxygen atoms in total. The molecule has 146 valence electrons. The minimum absolute atomic E-state index is 0.0265. The summed E-state index contributed by atoms with van der Waals surface area (Å²) in [6, 6.07) is 18.4. The van der Waals surface area contributed by atoms with Gasteiger partial charge in [0.25, 0.3) is 0 Å². The first-order valence-corrected chi connectivity index (χ1v) is 8.94. The summed E-state index contributed by atoms with van der Waals surface area (Å²) in [5.74, 6) is 0. The summed E-state index contributed by atoms with van der Waals surface area (Å²) in [6.45, 7) is -0.611. The zero-order valence-corrected chi connectivity index (χ0v) is 15.2. The maximum atomic E-state index is 11.7. The maximum absolute atomic E-state index is 11.7. The van der Waals surface area contributed by atoms with Crippen LogP contribution in [-0.2, 0) is 22.3 Å². The number of benzene rings is 2. The SMILES string of the molecule is CO[C@H]1O[C@@H]([C@H](O)CO)[C@@](O)(Cc2ccccc2)[C@]1(O)Cc1ccccc1. The van der Waals surface area contributed by atoms with E-state index in [-0.39, 0.29) is 12.8 Å². The fourth-order valence-electron chi connectivity index (χ4n) is 3.87. The van der Waals surface area contributed by atoms with Crippen LogP contribution in [0.5, 0.6) is 0 Å². The minimum Gasteiger partial charge on any atom is -0.394 e. The molecule has 1 aliphatic heterocycles. The second kappa shape index (κ2) is 8.06. The van der Waals surface area contributed by atoms with Gasteiger partial charge >= 0.3 is 0 Å². The molecule has 0 amide bonds. The van der Waals surface area contributed by atoms with E-state index in [0.717, 1.165) is 11.1 Å². The van der Waals surface area contributed by atoms with Gasteiger partial charge in [-0.05, 0) is 11.1 Å². The van der Waals surface area contributed by atoms with Crippen molar-refractivity contribution < 1.29 is 29.9 Å². The van der Waals surface area contributed by atoms with Gasteiger partial charge in [0.1, 0.15) is 17.8 Å². The van der Waals surface area contributed by atoms with Gasteiger partial charge in [-0.15, -0.1) is 0 Å². The Hall–Kier alpha value is -1.80. The van der Waals surface area contributed by atoms with Gasteiger partial charge in [0, 0.05) is 20.0 Å². The van der Waals surface area contributed by atoms with Crippen LogP contribution in [0.1, 0.15) is 11.1 Å². The Kier molecular flexibility index (Phi) is 5.95. The third-order valence-electron chi connectivity index (χ3n) is 5.26. The van der Waals surface area contributed by atoms with E-state index in [1.165, 1.54) is 7.11 Å². The number of ether oxygens (including phenoxy) is 2. The quantitative estimate of drug-likeness (QED) is 0.568. The first kappa shape index (κ1) is 19.9. The fraction of sp³-hybridized carbons (Fsp3) is 0.429.